The molecule has 0 bridgehead atoms. The number of para-hydroxylation sites is 2. The number of rotatable bonds is 3. The molecule has 5 heteroatoms. The quantitative estimate of drug-likeness (QED) is 0.897. The van der Waals surface area contributed by atoms with Gasteiger partial charge in [-0.1, -0.05) is 12.1 Å². The number of nitrogens with two attached hydrogens (primary N) is 1. The molecule has 2 rings (SSSR count). The summed E-state index contributed by atoms with van der Waals surface area (Å²) in [5, 5.41) is 2.90. The van der Waals surface area contributed by atoms with E-state index in [1.165, 1.54) is 0 Å². The highest BCUT2D eigenvalue weighted by atomic mass is 16.1. The van der Waals surface area contributed by atoms with Crippen LogP contribution in [0.5, 0.6) is 0 Å². The SMILES string of the molecule is Cc1ncc(N)cc1C(=O)Nc1ccccc1N(C)C. The largest absolute Gasteiger partial charge is 0.397 e. The van der Waals surface area contributed by atoms with Crippen LogP contribution in [0.25, 0.3) is 0 Å². The average Bonchev–Trinajstić information content (AvgIpc) is 2.41. The van der Waals surface area contributed by atoms with Gasteiger partial charge in [0.05, 0.1) is 34.5 Å². The van der Waals surface area contributed by atoms with Crippen molar-refractivity contribution in [2.45, 2.75) is 6.92 Å². The minimum absolute atomic E-state index is 0.211. The summed E-state index contributed by atoms with van der Waals surface area (Å²) in [5.74, 6) is -0.211. The molecule has 0 saturated carbocycles. The Morgan fingerprint density at radius 3 is 2.70 bits per heavy atom. The molecule has 1 amide bonds. The molecule has 0 atom stereocenters. The van der Waals surface area contributed by atoms with Crippen molar-refractivity contribution < 1.29 is 4.79 Å². The lowest BCUT2D eigenvalue weighted by Gasteiger charge is -2.18. The zero-order valence-corrected chi connectivity index (χ0v) is 11.8. The number of nitrogen functional groups attached to an aromatic ring is 1. The summed E-state index contributed by atoms with van der Waals surface area (Å²) in [6.07, 6.45) is 1.54. The molecule has 3 N–H and O–H groups in total. The number of nitrogens with one attached hydrogen (secondary N) is 1. The van der Waals surface area contributed by atoms with Crippen LogP contribution in [0.4, 0.5) is 17.1 Å². The molecule has 2 aromatic rings. The molecule has 0 aliphatic rings. The van der Waals surface area contributed by atoms with Crippen molar-refractivity contribution in [3.05, 3.63) is 47.8 Å². The van der Waals surface area contributed by atoms with Gasteiger partial charge in [0.2, 0.25) is 0 Å². The molecule has 1 aromatic carbocycles. The van der Waals surface area contributed by atoms with Gasteiger partial charge in [0, 0.05) is 14.1 Å². The fraction of sp³-hybridized carbons (Fsp3) is 0.200. The molecule has 20 heavy (non-hydrogen) atoms. The number of benzene rings is 1. The summed E-state index contributed by atoms with van der Waals surface area (Å²) in [4.78, 5) is 18.4. The second-order valence-electron chi connectivity index (χ2n) is 4.77. The second kappa shape index (κ2) is 5.61. The fourth-order valence-electron chi connectivity index (χ4n) is 1.94. The monoisotopic (exact) mass is 270 g/mol. The molecule has 0 saturated heterocycles. The van der Waals surface area contributed by atoms with Crippen LogP contribution in [-0.4, -0.2) is 25.0 Å². The van der Waals surface area contributed by atoms with Crippen LogP contribution in [0.1, 0.15) is 16.1 Å². The van der Waals surface area contributed by atoms with Crippen molar-refractivity contribution in [2.24, 2.45) is 0 Å². The third kappa shape index (κ3) is 2.88. The molecule has 0 unspecified atom stereocenters. The Balaban J connectivity index is 2.31. The van der Waals surface area contributed by atoms with Gasteiger partial charge in [-0.2, -0.15) is 0 Å². The van der Waals surface area contributed by atoms with Gasteiger partial charge in [0.1, 0.15) is 0 Å². The average molecular weight is 270 g/mol. The van der Waals surface area contributed by atoms with Gasteiger partial charge in [-0.05, 0) is 25.1 Å². The van der Waals surface area contributed by atoms with Crippen molar-refractivity contribution in [2.75, 3.05) is 30.0 Å². The van der Waals surface area contributed by atoms with Gasteiger partial charge < -0.3 is 16.0 Å². The third-order valence-corrected chi connectivity index (χ3v) is 2.99. The summed E-state index contributed by atoms with van der Waals surface area (Å²) in [5.41, 5.74) is 8.99. The van der Waals surface area contributed by atoms with Crippen molar-refractivity contribution in [3.63, 3.8) is 0 Å². The number of hydrogen-bond donors (Lipinski definition) is 2. The molecular formula is C15H18N4O. The fourth-order valence-corrected chi connectivity index (χ4v) is 1.94. The number of pyridine rings is 1. The van der Waals surface area contributed by atoms with E-state index >= 15 is 0 Å². The Labute approximate surface area is 118 Å². The number of carbonyl (C=O) groups is 1. The predicted octanol–water partition coefficient (Wildman–Crippen LogP) is 2.29. The minimum Gasteiger partial charge on any atom is -0.397 e. The van der Waals surface area contributed by atoms with Crippen LogP contribution in [0.2, 0.25) is 0 Å². The topological polar surface area (TPSA) is 71.2 Å². The zero-order chi connectivity index (χ0) is 14.7. The van der Waals surface area contributed by atoms with Gasteiger partial charge in [-0.25, -0.2) is 0 Å². The lowest BCUT2D eigenvalue weighted by atomic mass is 10.1. The van der Waals surface area contributed by atoms with E-state index in [0.717, 1.165) is 11.4 Å². The Bertz CT molecular complexity index is 638. The van der Waals surface area contributed by atoms with E-state index in [1.54, 1.807) is 19.2 Å². The minimum atomic E-state index is -0.211. The molecule has 104 valence electrons. The van der Waals surface area contributed by atoms with Crippen LogP contribution in [-0.2, 0) is 0 Å². The molecule has 0 spiro atoms. The van der Waals surface area contributed by atoms with Crippen LogP contribution in [0.3, 0.4) is 0 Å². The summed E-state index contributed by atoms with van der Waals surface area (Å²) >= 11 is 0. The Kier molecular flexibility index (Phi) is 3.89. The first-order valence-electron chi connectivity index (χ1n) is 6.29. The lowest BCUT2D eigenvalue weighted by Crippen LogP contribution is -2.18. The molecule has 0 radical (unpaired) electrons. The third-order valence-electron chi connectivity index (χ3n) is 2.99. The summed E-state index contributed by atoms with van der Waals surface area (Å²) < 4.78 is 0. The van der Waals surface area contributed by atoms with Crippen LogP contribution >= 0.6 is 0 Å². The molecular weight excluding hydrogens is 252 g/mol. The summed E-state index contributed by atoms with van der Waals surface area (Å²) in [7, 11) is 3.86. The van der Waals surface area contributed by atoms with Gasteiger partial charge >= 0.3 is 0 Å². The number of carbonyl (C=O) groups excluding carboxylic acids is 1. The van der Waals surface area contributed by atoms with Crippen LogP contribution < -0.4 is 16.0 Å². The van der Waals surface area contributed by atoms with E-state index in [0.29, 0.717) is 16.9 Å². The highest BCUT2D eigenvalue weighted by molar-refractivity contribution is 6.07. The number of hydrogen-bond acceptors (Lipinski definition) is 4. The number of nitrogens with zero attached hydrogens (tertiary/aromatic N) is 2. The highest BCUT2D eigenvalue weighted by Crippen LogP contribution is 2.24. The summed E-state index contributed by atoms with van der Waals surface area (Å²) in [6.45, 7) is 1.78. The van der Waals surface area contributed by atoms with Crippen molar-refractivity contribution in [3.8, 4) is 0 Å². The van der Waals surface area contributed by atoms with Crippen LogP contribution in [0, 0.1) is 6.92 Å². The van der Waals surface area contributed by atoms with E-state index in [9.17, 15) is 4.79 Å². The highest BCUT2D eigenvalue weighted by Gasteiger charge is 2.13. The first-order valence-corrected chi connectivity index (χ1v) is 6.29. The molecule has 1 heterocycles. The van der Waals surface area contributed by atoms with E-state index in [4.69, 9.17) is 5.73 Å². The zero-order valence-electron chi connectivity index (χ0n) is 11.8. The van der Waals surface area contributed by atoms with Crippen LogP contribution in [0.15, 0.2) is 36.5 Å². The molecule has 0 aliphatic carbocycles. The Morgan fingerprint density at radius 1 is 1.30 bits per heavy atom. The van der Waals surface area contributed by atoms with Crippen molar-refractivity contribution in [1.29, 1.82) is 0 Å². The second-order valence-corrected chi connectivity index (χ2v) is 4.77. The number of amides is 1. The maximum absolute atomic E-state index is 12.3. The van der Waals surface area contributed by atoms with Gasteiger partial charge in [-0.3, -0.25) is 9.78 Å². The first-order chi connectivity index (χ1) is 9.49. The molecule has 1 aromatic heterocycles. The van der Waals surface area contributed by atoms with E-state index in [1.807, 2.05) is 43.3 Å². The predicted molar refractivity (Wildman–Crippen MR) is 82.1 cm³/mol. The molecule has 5 nitrogen and oxygen atoms in total. The van der Waals surface area contributed by atoms with E-state index in [-0.39, 0.29) is 5.91 Å². The normalized spacial score (nSPS) is 10.2. The standard InChI is InChI=1S/C15H18N4O/c1-10-12(8-11(16)9-17-10)15(20)18-13-6-4-5-7-14(13)19(2)3/h4-9H,16H2,1-3H3,(H,18,20). The molecule has 0 fully saturated rings. The van der Waals surface area contributed by atoms with Gasteiger partial charge in [0.15, 0.2) is 0 Å². The molecule has 0 aliphatic heterocycles. The maximum atomic E-state index is 12.3. The van der Waals surface area contributed by atoms with Crippen molar-refractivity contribution >= 4 is 23.0 Å². The van der Waals surface area contributed by atoms with E-state index < -0.39 is 0 Å². The van der Waals surface area contributed by atoms with Gasteiger partial charge in [0.25, 0.3) is 5.91 Å². The lowest BCUT2D eigenvalue weighted by molar-refractivity contribution is 0.102. The number of aromatic nitrogens is 1. The number of aryl methyl sites for hydroxylation is 1. The smallest absolute Gasteiger partial charge is 0.257 e. The first kappa shape index (κ1) is 13.9. The Hall–Kier alpha value is -2.56. The number of anilines is 3. The Morgan fingerprint density at radius 2 is 2.00 bits per heavy atom. The van der Waals surface area contributed by atoms with Crippen molar-refractivity contribution in [1.82, 2.24) is 4.98 Å². The maximum Gasteiger partial charge on any atom is 0.257 e. The van der Waals surface area contributed by atoms with Gasteiger partial charge in [-0.15, -0.1) is 0 Å². The summed E-state index contributed by atoms with van der Waals surface area (Å²) in [6, 6.07) is 9.25. The van der Waals surface area contributed by atoms with E-state index in [2.05, 4.69) is 10.3 Å².